The fourth-order valence-electron chi connectivity index (χ4n) is 1.38. The van der Waals surface area contributed by atoms with Crippen LogP contribution in [0.5, 0.6) is 5.75 Å². The van der Waals surface area contributed by atoms with Crippen LogP contribution in [0.25, 0.3) is 0 Å². The predicted molar refractivity (Wildman–Crippen MR) is 69.6 cm³/mol. The molecule has 0 bridgehead atoms. The molecule has 0 aromatic heterocycles. The van der Waals surface area contributed by atoms with Gasteiger partial charge in [-0.05, 0) is 18.2 Å². The van der Waals surface area contributed by atoms with Gasteiger partial charge in [0.1, 0.15) is 5.75 Å². The molecule has 18 heavy (non-hydrogen) atoms. The summed E-state index contributed by atoms with van der Waals surface area (Å²) in [6.07, 6.45) is 0. The van der Waals surface area contributed by atoms with E-state index >= 15 is 0 Å². The lowest BCUT2D eigenvalue weighted by Gasteiger charge is -2.10. The van der Waals surface area contributed by atoms with E-state index in [1.165, 1.54) is 7.05 Å². The zero-order chi connectivity index (χ0) is 13.7. The molecule has 1 aromatic rings. The van der Waals surface area contributed by atoms with Crippen molar-refractivity contribution in [3.05, 3.63) is 23.8 Å². The van der Waals surface area contributed by atoms with Crippen LogP contribution in [0.2, 0.25) is 0 Å². The molecule has 0 aliphatic carbocycles. The van der Waals surface area contributed by atoms with Crippen molar-refractivity contribution in [3.63, 3.8) is 0 Å². The Hall–Kier alpha value is -2.04. The minimum absolute atomic E-state index is 0.0274. The SMILES string of the molecule is CNC(=O)COc1ccc(C(=O)C(C)C)cc1N. The molecule has 0 saturated heterocycles. The number of Topliss-reactive ketones (excluding diaryl/α,β-unsaturated/α-hetero) is 1. The third-order valence-electron chi connectivity index (χ3n) is 2.46. The molecule has 0 unspecified atom stereocenters. The van der Waals surface area contributed by atoms with Gasteiger partial charge in [-0.1, -0.05) is 13.8 Å². The van der Waals surface area contributed by atoms with Gasteiger partial charge in [0.25, 0.3) is 5.91 Å². The second-order valence-electron chi connectivity index (χ2n) is 4.23. The summed E-state index contributed by atoms with van der Waals surface area (Å²) >= 11 is 0. The van der Waals surface area contributed by atoms with Gasteiger partial charge in [-0.25, -0.2) is 0 Å². The molecule has 0 radical (unpaired) electrons. The lowest BCUT2D eigenvalue weighted by atomic mass is 10.0. The summed E-state index contributed by atoms with van der Waals surface area (Å²) < 4.78 is 5.24. The molecule has 5 heteroatoms. The number of rotatable bonds is 5. The quantitative estimate of drug-likeness (QED) is 0.608. The molecule has 3 N–H and O–H groups in total. The number of ether oxygens (including phenoxy) is 1. The Morgan fingerprint density at radius 3 is 2.56 bits per heavy atom. The first-order chi connectivity index (χ1) is 8.45. The van der Waals surface area contributed by atoms with Gasteiger partial charge in [0, 0.05) is 18.5 Å². The van der Waals surface area contributed by atoms with Crippen LogP contribution in [0.1, 0.15) is 24.2 Å². The summed E-state index contributed by atoms with van der Waals surface area (Å²) in [6, 6.07) is 4.83. The highest BCUT2D eigenvalue weighted by atomic mass is 16.5. The molecule has 1 rings (SSSR count). The first-order valence-electron chi connectivity index (χ1n) is 5.72. The molecule has 0 saturated carbocycles. The maximum absolute atomic E-state index is 11.8. The van der Waals surface area contributed by atoms with Crippen LogP contribution in [-0.2, 0) is 4.79 Å². The predicted octanol–water partition coefficient (Wildman–Crippen LogP) is 1.23. The Morgan fingerprint density at radius 1 is 1.39 bits per heavy atom. The van der Waals surface area contributed by atoms with Gasteiger partial charge in [0.2, 0.25) is 0 Å². The third kappa shape index (κ3) is 3.48. The molecule has 0 aliphatic rings. The number of hydrogen-bond donors (Lipinski definition) is 2. The van der Waals surface area contributed by atoms with Gasteiger partial charge in [-0.2, -0.15) is 0 Å². The number of ketones is 1. The topological polar surface area (TPSA) is 81.4 Å². The fraction of sp³-hybridized carbons (Fsp3) is 0.385. The van der Waals surface area contributed by atoms with Gasteiger partial charge in [0.15, 0.2) is 12.4 Å². The first kappa shape index (κ1) is 14.0. The highest BCUT2D eigenvalue weighted by molar-refractivity contribution is 5.98. The van der Waals surface area contributed by atoms with Gasteiger partial charge in [-0.15, -0.1) is 0 Å². The van der Waals surface area contributed by atoms with E-state index in [1.54, 1.807) is 18.2 Å². The largest absolute Gasteiger partial charge is 0.482 e. The van der Waals surface area contributed by atoms with Crippen molar-refractivity contribution in [1.82, 2.24) is 5.32 Å². The summed E-state index contributed by atoms with van der Waals surface area (Å²) in [6.45, 7) is 3.56. The minimum atomic E-state index is -0.239. The number of carbonyl (C=O) groups excluding carboxylic acids is 2. The maximum Gasteiger partial charge on any atom is 0.257 e. The Kier molecular flexibility index (Phi) is 4.71. The number of anilines is 1. The number of likely N-dealkylation sites (N-methyl/N-ethyl adjacent to an activating group) is 1. The molecular formula is C13H18N2O3. The summed E-state index contributed by atoms with van der Waals surface area (Å²) in [4.78, 5) is 22.8. The second-order valence-corrected chi connectivity index (χ2v) is 4.23. The minimum Gasteiger partial charge on any atom is -0.482 e. The van der Waals surface area contributed by atoms with Crippen LogP contribution in [0.4, 0.5) is 5.69 Å². The monoisotopic (exact) mass is 250 g/mol. The van der Waals surface area contributed by atoms with E-state index < -0.39 is 0 Å². The molecule has 0 atom stereocenters. The Labute approximate surface area is 106 Å². The molecule has 0 heterocycles. The van der Waals surface area contributed by atoms with E-state index in [-0.39, 0.29) is 24.2 Å². The number of benzene rings is 1. The zero-order valence-electron chi connectivity index (χ0n) is 10.8. The summed E-state index contributed by atoms with van der Waals surface area (Å²) in [7, 11) is 1.53. The van der Waals surface area contributed by atoms with Crippen molar-refractivity contribution in [3.8, 4) is 5.75 Å². The summed E-state index contributed by atoms with van der Waals surface area (Å²) in [5.41, 5.74) is 6.68. The van der Waals surface area contributed by atoms with Gasteiger partial charge in [-0.3, -0.25) is 9.59 Å². The van der Waals surface area contributed by atoms with Crippen molar-refractivity contribution < 1.29 is 14.3 Å². The maximum atomic E-state index is 11.8. The molecule has 0 fully saturated rings. The number of amides is 1. The molecule has 5 nitrogen and oxygen atoms in total. The summed E-state index contributed by atoms with van der Waals surface area (Å²) in [5, 5.41) is 2.44. The summed E-state index contributed by atoms with van der Waals surface area (Å²) in [5.74, 6) is 0.109. The van der Waals surface area contributed by atoms with E-state index in [9.17, 15) is 9.59 Å². The number of nitrogens with two attached hydrogens (primary N) is 1. The van der Waals surface area contributed by atoms with Crippen LogP contribution in [0.15, 0.2) is 18.2 Å². The lowest BCUT2D eigenvalue weighted by Crippen LogP contribution is -2.25. The van der Waals surface area contributed by atoms with E-state index in [0.29, 0.717) is 17.0 Å². The van der Waals surface area contributed by atoms with E-state index in [2.05, 4.69) is 5.32 Å². The molecule has 1 aromatic carbocycles. The van der Waals surface area contributed by atoms with Crippen LogP contribution in [0, 0.1) is 5.92 Å². The first-order valence-corrected chi connectivity index (χ1v) is 5.72. The van der Waals surface area contributed by atoms with Gasteiger partial charge < -0.3 is 15.8 Å². The van der Waals surface area contributed by atoms with Crippen LogP contribution >= 0.6 is 0 Å². The van der Waals surface area contributed by atoms with Crippen molar-refractivity contribution in [2.75, 3.05) is 19.4 Å². The number of hydrogen-bond acceptors (Lipinski definition) is 4. The molecule has 0 spiro atoms. The standard InChI is InChI=1S/C13H18N2O3/c1-8(2)13(17)9-4-5-11(10(14)6-9)18-7-12(16)15-3/h4-6,8H,7,14H2,1-3H3,(H,15,16). The molecule has 1 amide bonds. The second kappa shape index (κ2) is 6.05. The average molecular weight is 250 g/mol. The van der Waals surface area contributed by atoms with Crippen molar-refractivity contribution in [1.29, 1.82) is 0 Å². The van der Waals surface area contributed by atoms with Crippen LogP contribution in [0.3, 0.4) is 0 Å². The Bertz CT molecular complexity index is 456. The molecule has 98 valence electrons. The highest BCUT2D eigenvalue weighted by Gasteiger charge is 2.12. The van der Waals surface area contributed by atoms with Crippen molar-refractivity contribution in [2.24, 2.45) is 5.92 Å². The Morgan fingerprint density at radius 2 is 2.06 bits per heavy atom. The lowest BCUT2D eigenvalue weighted by molar-refractivity contribution is -0.122. The Balaban J connectivity index is 2.80. The zero-order valence-corrected chi connectivity index (χ0v) is 10.8. The van der Waals surface area contributed by atoms with Gasteiger partial charge in [0.05, 0.1) is 5.69 Å². The number of carbonyl (C=O) groups is 2. The number of nitrogen functional groups attached to an aromatic ring is 1. The van der Waals surface area contributed by atoms with E-state index in [4.69, 9.17) is 10.5 Å². The normalized spacial score (nSPS) is 10.2. The van der Waals surface area contributed by atoms with Crippen molar-refractivity contribution >= 4 is 17.4 Å². The number of nitrogens with one attached hydrogen (secondary N) is 1. The van der Waals surface area contributed by atoms with Crippen LogP contribution < -0.4 is 15.8 Å². The highest BCUT2D eigenvalue weighted by Crippen LogP contribution is 2.23. The van der Waals surface area contributed by atoms with E-state index in [1.807, 2.05) is 13.8 Å². The van der Waals surface area contributed by atoms with Crippen molar-refractivity contribution in [2.45, 2.75) is 13.8 Å². The fourth-order valence-corrected chi connectivity index (χ4v) is 1.38. The average Bonchev–Trinajstić information content (AvgIpc) is 2.35. The smallest absolute Gasteiger partial charge is 0.257 e. The van der Waals surface area contributed by atoms with Crippen LogP contribution in [-0.4, -0.2) is 25.3 Å². The molecular weight excluding hydrogens is 232 g/mol. The molecule has 0 aliphatic heterocycles. The third-order valence-corrected chi connectivity index (χ3v) is 2.46. The van der Waals surface area contributed by atoms with Gasteiger partial charge >= 0.3 is 0 Å². The van der Waals surface area contributed by atoms with E-state index in [0.717, 1.165) is 0 Å².